The van der Waals surface area contributed by atoms with Crippen LogP contribution in [0, 0.1) is 6.92 Å². The van der Waals surface area contributed by atoms with Gasteiger partial charge in [0.15, 0.2) is 0 Å². The summed E-state index contributed by atoms with van der Waals surface area (Å²) >= 11 is 0. The zero-order valence-electron chi connectivity index (χ0n) is 13.2. The van der Waals surface area contributed by atoms with E-state index >= 15 is 0 Å². The average Bonchev–Trinajstić information content (AvgIpc) is 2.49. The highest BCUT2D eigenvalue weighted by Gasteiger charge is 2.11. The molecule has 1 fully saturated rings. The second kappa shape index (κ2) is 7.47. The van der Waals surface area contributed by atoms with Crippen molar-refractivity contribution in [3.05, 3.63) is 29.3 Å². The van der Waals surface area contributed by atoms with E-state index in [1.54, 1.807) is 0 Å². The lowest BCUT2D eigenvalue weighted by atomic mass is 9.96. The number of hydrogen-bond acceptors (Lipinski definition) is 2. The number of benzene rings is 1. The molecule has 0 aliphatic heterocycles. The number of rotatable bonds is 5. The Morgan fingerprint density at radius 1 is 1.15 bits per heavy atom. The predicted octanol–water partition coefficient (Wildman–Crippen LogP) is 4.59. The molecule has 0 radical (unpaired) electrons. The van der Waals surface area contributed by atoms with Crippen molar-refractivity contribution in [2.45, 2.75) is 58.9 Å². The normalized spacial score (nSPS) is 16.8. The van der Waals surface area contributed by atoms with Gasteiger partial charge in [0.05, 0.1) is 0 Å². The van der Waals surface area contributed by atoms with Gasteiger partial charge < -0.3 is 4.90 Å². The van der Waals surface area contributed by atoms with E-state index in [1.165, 1.54) is 48.9 Å². The van der Waals surface area contributed by atoms with Crippen molar-refractivity contribution in [2.24, 2.45) is 4.99 Å². The Morgan fingerprint density at radius 2 is 1.85 bits per heavy atom. The molecule has 0 heterocycles. The zero-order valence-corrected chi connectivity index (χ0v) is 13.2. The van der Waals surface area contributed by atoms with Crippen molar-refractivity contribution < 1.29 is 0 Å². The topological polar surface area (TPSA) is 15.6 Å². The molecular formula is C18H28N2. The molecule has 110 valence electrons. The SMILES string of the molecule is CCN(CC)c1ccc(C=NC2CCCCC2)c(C)c1. The molecule has 2 heteroatoms. The Balaban J connectivity index is 2.07. The molecule has 20 heavy (non-hydrogen) atoms. The summed E-state index contributed by atoms with van der Waals surface area (Å²) in [5, 5.41) is 0. The third-order valence-electron chi connectivity index (χ3n) is 4.38. The van der Waals surface area contributed by atoms with E-state index in [0.29, 0.717) is 6.04 Å². The Bertz CT molecular complexity index is 441. The number of nitrogens with zero attached hydrogens (tertiary/aromatic N) is 2. The van der Waals surface area contributed by atoms with Crippen LogP contribution in [0.1, 0.15) is 57.1 Å². The Hall–Kier alpha value is -1.31. The van der Waals surface area contributed by atoms with Crippen molar-refractivity contribution in [3.8, 4) is 0 Å². The number of aryl methyl sites for hydroxylation is 1. The molecule has 1 aromatic carbocycles. The second-order valence-corrected chi connectivity index (χ2v) is 5.78. The van der Waals surface area contributed by atoms with Crippen LogP contribution in [0.5, 0.6) is 0 Å². The van der Waals surface area contributed by atoms with Crippen molar-refractivity contribution in [3.63, 3.8) is 0 Å². The Labute approximate surface area is 123 Å². The molecule has 0 amide bonds. The molecule has 0 aromatic heterocycles. The fourth-order valence-electron chi connectivity index (χ4n) is 3.01. The van der Waals surface area contributed by atoms with Crippen LogP contribution in [0.4, 0.5) is 5.69 Å². The quantitative estimate of drug-likeness (QED) is 0.716. The van der Waals surface area contributed by atoms with Crippen LogP contribution < -0.4 is 4.90 Å². The highest BCUT2D eigenvalue weighted by atomic mass is 15.1. The molecule has 0 N–H and O–H groups in total. The zero-order chi connectivity index (χ0) is 14.4. The Morgan fingerprint density at radius 3 is 2.45 bits per heavy atom. The van der Waals surface area contributed by atoms with Gasteiger partial charge in [-0.3, -0.25) is 4.99 Å². The molecule has 0 unspecified atom stereocenters. The molecule has 0 bridgehead atoms. The summed E-state index contributed by atoms with van der Waals surface area (Å²) in [5.41, 5.74) is 3.92. The minimum absolute atomic E-state index is 0.561. The summed E-state index contributed by atoms with van der Waals surface area (Å²) in [4.78, 5) is 7.17. The van der Waals surface area contributed by atoms with Crippen molar-refractivity contribution in [2.75, 3.05) is 18.0 Å². The van der Waals surface area contributed by atoms with E-state index in [-0.39, 0.29) is 0 Å². The van der Waals surface area contributed by atoms with E-state index in [2.05, 4.69) is 50.1 Å². The first-order valence-corrected chi connectivity index (χ1v) is 8.13. The van der Waals surface area contributed by atoms with Gasteiger partial charge in [0.1, 0.15) is 0 Å². The number of anilines is 1. The van der Waals surface area contributed by atoms with Crippen LogP contribution in [-0.4, -0.2) is 25.3 Å². The van der Waals surface area contributed by atoms with E-state index < -0.39 is 0 Å². The molecule has 0 atom stereocenters. The summed E-state index contributed by atoms with van der Waals surface area (Å²) in [5.74, 6) is 0. The first-order chi connectivity index (χ1) is 9.74. The monoisotopic (exact) mass is 272 g/mol. The maximum absolute atomic E-state index is 4.79. The molecule has 1 aliphatic carbocycles. The molecule has 0 spiro atoms. The first-order valence-electron chi connectivity index (χ1n) is 8.13. The summed E-state index contributed by atoms with van der Waals surface area (Å²) < 4.78 is 0. The second-order valence-electron chi connectivity index (χ2n) is 5.78. The van der Waals surface area contributed by atoms with E-state index in [4.69, 9.17) is 4.99 Å². The van der Waals surface area contributed by atoms with Crippen LogP contribution in [0.25, 0.3) is 0 Å². The van der Waals surface area contributed by atoms with E-state index in [9.17, 15) is 0 Å². The van der Waals surface area contributed by atoms with Crippen molar-refractivity contribution in [1.29, 1.82) is 0 Å². The fraction of sp³-hybridized carbons (Fsp3) is 0.611. The van der Waals surface area contributed by atoms with Crippen LogP contribution in [0.2, 0.25) is 0 Å². The fourth-order valence-corrected chi connectivity index (χ4v) is 3.01. The molecular weight excluding hydrogens is 244 g/mol. The van der Waals surface area contributed by atoms with Crippen molar-refractivity contribution >= 4 is 11.9 Å². The third-order valence-corrected chi connectivity index (χ3v) is 4.38. The highest BCUT2D eigenvalue weighted by molar-refractivity contribution is 5.82. The molecule has 1 saturated carbocycles. The molecule has 2 nitrogen and oxygen atoms in total. The minimum Gasteiger partial charge on any atom is -0.372 e. The summed E-state index contributed by atoms with van der Waals surface area (Å²) in [6.07, 6.45) is 8.73. The van der Waals surface area contributed by atoms with E-state index in [0.717, 1.165) is 13.1 Å². The lowest BCUT2D eigenvalue weighted by molar-refractivity contribution is 0.444. The van der Waals surface area contributed by atoms with Gasteiger partial charge in [0, 0.05) is 31.0 Å². The van der Waals surface area contributed by atoms with Gasteiger partial charge >= 0.3 is 0 Å². The highest BCUT2D eigenvalue weighted by Crippen LogP contribution is 2.21. The van der Waals surface area contributed by atoms with Gasteiger partial charge in [-0.25, -0.2) is 0 Å². The third kappa shape index (κ3) is 3.84. The van der Waals surface area contributed by atoms with Crippen LogP contribution in [0.15, 0.2) is 23.2 Å². The number of aliphatic imine (C=N–C) groups is 1. The molecule has 1 aliphatic rings. The summed E-state index contributed by atoms with van der Waals surface area (Å²) in [6, 6.07) is 7.29. The maximum atomic E-state index is 4.79. The van der Waals surface area contributed by atoms with E-state index in [1.807, 2.05) is 0 Å². The molecule has 2 rings (SSSR count). The Kier molecular flexibility index (Phi) is 5.63. The molecule has 0 saturated heterocycles. The average molecular weight is 272 g/mol. The standard InChI is InChI=1S/C18H28N2/c1-4-20(5-2)18-12-11-16(15(3)13-18)14-19-17-9-7-6-8-10-17/h11-14,17H,4-10H2,1-3H3. The van der Waals surface area contributed by atoms with Crippen molar-refractivity contribution in [1.82, 2.24) is 0 Å². The first kappa shape index (κ1) is 15.1. The summed E-state index contributed by atoms with van der Waals surface area (Å²) in [6.45, 7) is 8.72. The lowest BCUT2D eigenvalue weighted by Crippen LogP contribution is -2.21. The van der Waals surface area contributed by atoms with Crippen LogP contribution in [0.3, 0.4) is 0 Å². The summed E-state index contributed by atoms with van der Waals surface area (Å²) in [7, 11) is 0. The van der Waals surface area contributed by atoms with Crippen LogP contribution >= 0.6 is 0 Å². The van der Waals surface area contributed by atoms with Gasteiger partial charge in [-0.15, -0.1) is 0 Å². The van der Waals surface area contributed by atoms with Gasteiger partial charge in [-0.2, -0.15) is 0 Å². The van der Waals surface area contributed by atoms with Crippen LogP contribution in [-0.2, 0) is 0 Å². The lowest BCUT2D eigenvalue weighted by Gasteiger charge is -2.22. The van der Waals surface area contributed by atoms with Gasteiger partial charge in [0.2, 0.25) is 0 Å². The largest absolute Gasteiger partial charge is 0.372 e. The number of hydrogen-bond donors (Lipinski definition) is 0. The van der Waals surface area contributed by atoms with Gasteiger partial charge in [-0.05, 0) is 56.9 Å². The minimum atomic E-state index is 0.561. The molecule has 1 aromatic rings. The van der Waals surface area contributed by atoms with Gasteiger partial charge in [-0.1, -0.05) is 25.3 Å². The van der Waals surface area contributed by atoms with Gasteiger partial charge in [0.25, 0.3) is 0 Å². The predicted molar refractivity (Wildman–Crippen MR) is 89.2 cm³/mol. The maximum Gasteiger partial charge on any atom is 0.0499 e. The smallest absolute Gasteiger partial charge is 0.0499 e.